The minimum Gasteiger partial charge on any atom is -0.456 e. The van der Waals surface area contributed by atoms with E-state index in [-0.39, 0.29) is 22.6 Å². The van der Waals surface area contributed by atoms with Crippen molar-refractivity contribution in [3.63, 3.8) is 0 Å². The first-order valence-electron chi connectivity index (χ1n) is 11.1. The molecule has 2 aliphatic rings. The van der Waals surface area contributed by atoms with E-state index in [9.17, 15) is 18.0 Å². The summed E-state index contributed by atoms with van der Waals surface area (Å²) in [6, 6.07) is 12.8. The number of benzene rings is 2. The van der Waals surface area contributed by atoms with E-state index in [0.717, 1.165) is 21.3 Å². The summed E-state index contributed by atoms with van der Waals surface area (Å²) in [7, 11) is -1.99. The Kier molecular flexibility index (Phi) is 6.59. The van der Waals surface area contributed by atoms with Gasteiger partial charge in [0.1, 0.15) is 6.04 Å². The van der Waals surface area contributed by atoms with Gasteiger partial charge in [0.05, 0.1) is 4.90 Å². The van der Waals surface area contributed by atoms with Crippen LogP contribution in [0.1, 0.15) is 32.3 Å². The lowest BCUT2D eigenvalue weighted by Crippen LogP contribution is -2.41. The molecule has 0 N–H and O–H groups in total. The molecule has 0 aliphatic carbocycles. The van der Waals surface area contributed by atoms with E-state index in [1.807, 2.05) is 50.1 Å². The number of sulfonamides is 1. The molecule has 0 spiro atoms. The maximum atomic E-state index is 13.0. The highest BCUT2D eigenvalue weighted by atomic mass is 35.5. The van der Waals surface area contributed by atoms with Gasteiger partial charge >= 0.3 is 5.97 Å². The van der Waals surface area contributed by atoms with Crippen LogP contribution in [0.2, 0.25) is 5.02 Å². The summed E-state index contributed by atoms with van der Waals surface area (Å²) in [4.78, 5) is 27.5. The average Bonchev–Trinajstić information content (AvgIpc) is 3.37. The third-order valence-electron chi connectivity index (χ3n) is 6.49. The quantitative estimate of drug-likeness (QED) is 0.440. The molecule has 1 saturated heterocycles. The number of rotatable bonds is 6. The number of likely N-dealkylation sites (N-methyl/N-ethyl adjacent to an activating group) is 1. The van der Waals surface area contributed by atoms with Crippen LogP contribution in [0.25, 0.3) is 0 Å². The van der Waals surface area contributed by atoms with Crippen LogP contribution in [-0.4, -0.2) is 50.7 Å². The Morgan fingerprint density at radius 2 is 1.82 bits per heavy atom. The van der Waals surface area contributed by atoms with Crippen LogP contribution in [0.4, 0.5) is 5.69 Å². The predicted molar refractivity (Wildman–Crippen MR) is 130 cm³/mol. The molecule has 7 nitrogen and oxygen atoms in total. The Hall–Kier alpha value is -2.68. The number of ketones is 1. The summed E-state index contributed by atoms with van der Waals surface area (Å²) in [5.74, 6) is -1.08. The molecule has 0 radical (unpaired) electrons. The van der Waals surface area contributed by atoms with Gasteiger partial charge in [-0.3, -0.25) is 9.59 Å². The number of hydrogen-bond donors (Lipinski definition) is 0. The minimum absolute atomic E-state index is 0.0588. The summed E-state index contributed by atoms with van der Waals surface area (Å²) in [5, 5.41) is 0.420. The molecule has 1 atom stereocenters. The van der Waals surface area contributed by atoms with Crippen LogP contribution in [0, 0.1) is 0 Å². The second kappa shape index (κ2) is 9.17. The fourth-order valence-corrected chi connectivity index (χ4v) is 6.47. The largest absolute Gasteiger partial charge is 0.456 e. The molecule has 0 saturated carbocycles. The van der Waals surface area contributed by atoms with Crippen LogP contribution in [0.3, 0.4) is 0 Å². The summed E-state index contributed by atoms with van der Waals surface area (Å²) in [6.07, 6.45) is 2.37. The molecule has 0 amide bonds. The van der Waals surface area contributed by atoms with Gasteiger partial charge in [0.25, 0.3) is 0 Å². The van der Waals surface area contributed by atoms with Crippen molar-refractivity contribution < 1.29 is 22.7 Å². The molecule has 0 aromatic heterocycles. The van der Waals surface area contributed by atoms with Gasteiger partial charge < -0.3 is 9.64 Å². The first-order valence-corrected chi connectivity index (χ1v) is 12.9. The number of nitrogens with zero attached hydrogens (tertiary/aromatic N) is 2. The lowest BCUT2D eigenvalue weighted by Gasteiger charge is -2.24. The number of hydrogen-bond acceptors (Lipinski definition) is 6. The highest BCUT2D eigenvalue weighted by molar-refractivity contribution is 7.89. The highest BCUT2D eigenvalue weighted by Crippen LogP contribution is 2.46. The zero-order valence-corrected chi connectivity index (χ0v) is 20.9. The van der Waals surface area contributed by atoms with E-state index < -0.39 is 28.6 Å². The number of fused-ring (bicyclic) bond motifs is 1. The number of carbonyl (C=O) groups is 2. The summed E-state index contributed by atoms with van der Waals surface area (Å²) in [6.45, 7) is 3.84. The zero-order chi connectivity index (χ0) is 24.7. The number of esters is 1. The van der Waals surface area contributed by atoms with Crippen molar-refractivity contribution in [2.24, 2.45) is 0 Å². The molecule has 9 heteroatoms. The number of halogens is 1. The fourth-order valence-electron chi connectivity index (χ4n) is 4.70. The van der Waals surface area contributed by atoms with Crippen molar-refractivity contribution in [2.45, 2.75) is 43.0 Å². The smallest absolute Gasteiger partial charge is 0.324 e. The van der Waals surface area contributed by atoms with Crippen LogP contribution in [0.5, 0.6) is 0 Å². The van der Waals surface area contributed by atoms with Gasteiger partial charge in [0, 0.05) is 41.5 Å². The molecule has 2 heterocycles. The van der Waals surface area contributed by atoms with Crippen molar-refractivity contribution in [2.75, 3.05) is 25.1 Å². The topological polar surface area (TPSA) is 84.0 Å². The number of ether oxygens (including phenoxy) is 1. The Morgan fingerprint density at radius 3 is 2.50 bits per heavy atom. The third kappa shape index (κ3) is 4.37. The van der Waals surface area contributed by atoms with Gasteiger partial charge in [-0.25, -0.2) is 8.42 Å². The number of anilines is 1. The van der Waals surface area contributed by atoms with E-state index >= 15 is 0 Å². The molecule has 2 aromatic carbocycles. The highest BCUT2D eigenvalue weighted by Gasteiger charge is 2.41. The monoisotopic (exact) mass is 502 g/mol. The number of carbonyl (C=O) groups excluding carboxylic acids is 2. The average molecular weight is 503 g/mol. The van der Waals surface area contributed by atoms with Crippen molar-refractivity contribution in [1.82, 2.24) is 4.31 Å². The van der Waals surface area contributed by atoms with Crippen LogP contribution in [0.15, 0.2) is 65.2 Å². The lowest BCUT2D eigenvalue weighted by molar-refractivity contribution is -0.150. The first-order chi connectivity index (χ1) is 16.0. The number of para-hydroxylation sites is 1. The first kappa shape index (κ1) is 24.4. The molecule has 4 rings (SSSR count). The van der Waals surface area contributed by atoms with E-state index in [0.29, 0.717) is 17.9 Å². The van der Waals surface area contributed by atoms with E-state index in [1.54, 1.807) is 0 Å². The van der Waals surface area contributed by atoms with Crippen LogP contribution >= 0.6 is 11.6 Å². The maximum absolute atomic E-state index is 13.0. The molecule has 0 bridgehead atoms. The Bertz CT molecular complexity index is 1250. The minimum atomic E-state index is -3.89. The molecular formula is C25H27ClN2O5S. The Labute approximate surface area is 205 Å². The summed E-state index contributed by atoms with van der Waals surface area (Å²) in [5.41, 5.74) is 2.57. The van der Waals surface area contributed by atoms with Crippen molar-refractivity contribution in [3.8, 4) is 0 Å². The Morgan fingerprint density at radius 1 is 1.15 bits per heavy atom. The van der Waals surface area contributed by atoms with E-state index in [1.165, 1.54) is 30.3 Å². The second-order valence-corrected chi connectivity index (χ2v) is 11.4. The Balaban J connectivity index is 1.44. The standard InChI is InChI=1S/C25H27ClN2O5S/c1-25(2)20-7-4-5-8-21(20)27(3)23(25)15-18(29)16-33-24(30)22-9-6-14-28(22)34(31,32)19-12-10-17(26)11-13-19/h4-5,7-8,10-13,15,22H,6,9,14,16H2,1-3H3. The van der Waals surface area contributed by atoms with Gasteiger partial charge in [0.2, 0.25) is 10.0 Å². The molecule has 2 aromatic rings. The van der Waals surface area contributed by atoms with Crippen molar-refractivity contribution in [3.05, 3.63) is 70.9 Å². The van der Waals surface area contributed by atoms with Crippen LogP contribution < -0.4 is 4.90 Å². The summed E-state index contributed by atoms with van der Waals surface area (Å²) >= 11 is 5.86. The lowest BCUT2D eigenvalue weighted by atomic mass is 9.83. The molecular weight excluding hydrogens is 476 g/mol. The second-order valence-electron chi connectivity index (χ2n) is 9.03. The molecule has 180 valence electrons. The van der Waals surface area contributed by atoms with Gasteiger partial charge in [-0.2, -0.15) is 4.31 Å². The number of allylic oxidation sites excluding steroid dienone is 1. The van der Waals surface area contributed by atoms with E-state index in [4.69, 9.17) is 16.3 Å². The van der Waals surface area contributed by atoms with Gasteiger partial charge in [-0.15, -0.1) is 0 Å². The predicted octanol–water partition coefficient (Wildman–Crippen LogP) is 3.92. The molecule has 2 aliphatic heterocycles. The van der Waals surface area contributed by atoms with Gasteiger partial charge in [-0.05, 0) is 48.7 Å². The van der Waals surface area contributed by atoms with Crippen molar-refractivity contribution in [1.29, 1.82) is 0 Å². The maximum Gasteiger partial charge on any atom is 0.324 e. The summed E-state index contributed by atoms with van der Waals surface area (Å²) < 4.78 is 32.5. The van der Waals surface area contributed by atoms with Gasteiger partial charge in [-0.1, -0.05) is 43.6 Å². The SMILES string of the molecule is CN1C(=CC(=O)COC(=O)C2CCCN2S(=O)(=O)c2ccc(Cl)cc2)C(C)(C)c2ccccc21. The van der Waals surface area contributed by atoms with Crippen LogP contribution in [-0.2, 0) is 29.8 Å². The molecule has 1 unspecified atom stereocenters. The van der Waals surface area contributed by atoms with E-state index in [2.05, 4.69) is 0 Å². The van der Waals surface area contributed by atoms with Gasteiger partial charge in [0.15, 0.2) is 12.4 Å². The normalized spacial score (nSPS) is 21.0. The molecule has 34 heavy (non-hydrogen) atoms. The third-order valence-corrected chi connectivity index (χ3v) is 8.67. The molecule has 1 fully saturated rings. The zero-order valence-electron chi connectivity index (χ0n) is 19.3. The van der Waals surface area contributed by atoms with Crippen molar-refractivity contribution >= 4 is 39.1 Å². The fraction of sp³-hybridized carbons (Fsp3) is 0.360.